The van der Waals surface area contributed by atoms with E-state index in [-0.39, 0.29) is 6.10 Å². The zero-order chi connectivity index (χ0) is 9.26. The fraction of sp³-hybridized carbons (Fsp3) is 0.455. The Morgan fingerprint density at radius 3 is 2.85 bits per heavy atom. The first-order chi connectivity index (χ1) is 6.33. The van der Waals surface area contributed by atoms with Gasteiger partial charge >= 0.3 is 0 Å². The van der Waals surface area contributed by atoms with Gasteiger partial charge in [-0.1, -0.05) is 24.3 Å². The molecule has 1 aliphatic carbocycles. The van der Waals surface area contributed by atoms with Crippen LogP contribution in [-0.4, -0.2) is 11.7 Å². The van der Waals surface area contributed by atoms with Gasteiger partial charge in [-0.15, -0.1) is 0 Å². The van der Waals surface area contributed by atoms with E-state index in [4.69, 9.17) is 5.73 Å². The Balaban J connectivity index is 2.22. The second kappa shape index (κ2) is 3.48. The van der Waals surface area contributed by atoms with Gasteiger partial charge in [-0.3, -0.25) is 0 Å². The first-order valence-corrected chi connectivity index (χ1v) is 4.79. The quantitative estimate of drug-likeness (QED) is 0.714. The summed E-state index contributed by atoms with van der Waals surface area (Å²) < 4.78 is 0. The average Bonchev–Trinajstić information content (AvgIpc) is 2.46. The minimum Gasteiger partial charge on any atom is -0.388 e. The molecule has 13 heavy (non-hydrogen) atoms. The fourth-order valence-corrected chi connectivity index (χ4v) is 2.13. The molecule has 0 bridgehead atoms. The van der Waals surface area contributed by atoms with Crippen LogP contribution in [-0.2, 0) is 6.42 Å². The van der Waals surface area contributed by atoms with E-state index < -0.39 is 0 Å². The number of fused-ring (bicyclic) bond motifs is 1. The van der Waals surface area contributed by atoms with Crippen molar-refractivity contribution in [1.82, 2.24) is 0 Å². The molecule has 0 fully saturated rings. The predicted octanol–water partition coefficient (Wildman–Crippen LogP) is 1.24. The van der Waals surface area contributed by atoms with E-state index in [2.05, 4.69) is 6.07 Å². The second-order valence-corrected chi connectivity index (χ2v) is 3.69. The van der Waals surface area contributed by atoms with Crippen LogP contribution in [0.3, 0.4) is 0 Å². The van der Waals surface area contributed by atoms with Gasteiger partial charge in [-0.2, -0.15) is 0 Å². The molecule has 0 radical (unpaired) electrons. The Morgan fingerprint density at radius 1 is 1.38 bits per heavy atom. The number of benzene rings is 1. The van der Waals surface area contributed by atoms with Gasteiger partial charge in [0.2, 0.25) is 0 Å². The third-order valence-electron chi connectivity index (χ3n) is 2.84. The molecule has 70 valence electrons. The van der Waals surface area contributed by atoms with Gasteiger partial charge in [-0.25, -0.2) is 0 Å². The monoisotopic (exact) mass is 177 g/mol. The summed E-state index contributed by atoms with van der Waals surface area (Å²) in [5.74, 6) is 0.336. The van der Waals surface area contributed by atoms with Crippen LogP contribution in [0.25, 0.3) is 0 Å². The lowest BCUT2D eigenvalue weighted by atomic mass is 10.00. The van der Waals surface area contributed by atoms with Gasteiger partial charge in [0.15, 0.2) is 0 Å². The van der Waals surface area contributed by atoms with E-state index in [1.165, 1.54) is 5.56 Å². The molecular weight excluding hydrogens is 162 g/mol. The first-order valence-electron chi connectivity index (χ1n) is 4.79. The first kappa shape index (κ1) is 8.73. The summed E-state index contributed by atoms with van der Waals surface area (Å²) in [6, 6.07) is 8.11. The number of hydrogen-bond acceptors (Lipinski definition) is 2. The molecule has 3 N–H and O–H groups in total. The number of aliphatic hydroxyl groups excluding tert-OH is 1. The Morgan fingerprint density at radius 2 is 2.15 bits per heavy atom. The topological polar surface area (TPSA) is 46.2 Å². The van der Waals surface area contributed by atoms with Crippen LogP contribution in [0.1, 0.15) is 23.7 Å². The highest BCUT2D eigenvalue weighted by atomic mass is 16.3. The van der Waals surface area contributed by atoms with Gasteiger partial charge in [0, 0.05) is 0 Å². The summed E-state index contributed by atoms with van der Waals surface area (Å²) in [7, 11) is 0. The van der Waals surface area contributed by atoms with E-state index >= 15 is 0 Å². The molecule has 1 aromatic carbocycles. The minimum absolute atomic E-state index is 0.292. The molecule has 1 aromatic rings. The third-order valence-corrected chi connectivity index (χ3v) is 2.84. The predicted molar refractivity (Wildman–Crippen MR) is 52.3 cm³/mol. The molecule has 2 unspecified atom stereocenters. The van der Waals surface area contributed by atoms with Crippen LogP contribution in [0.2, 0.25) is 0 Å². The Kier molecular flexibility index (Phi) is 2.34. The van der Waals surface area contributed by atoms with Crippen LogP contribution in [0.15, 0.2) is 24.3 Å². The smallest absolute Gasteiger partial charge is 0.0824 e. The highest BCUT2D eigenvalue weighted by Gasteiger charge is 2.29. The maximum Gasteiger partial charge on any atom is 0.0824 e. The van der Waals surface area contributed by atoms with Crippen molar-refractivity contribution in [3.63, 3.8) is 0 Å². The Labute approximate surface area is 78.4 Å². The zero-order valence-electron chi connectivity index (χ0n) is 7.61. The molecule has 2 rings (SSSR count). The van der Waals surface area contributed by atoms with E-state index in [0.717, 1.165) is 18.4 Å². The van der Waals surface area contributed by atoms with Crippen molar-refractivity contribution in [1.29, 1.82) is 0 Å². The number of aliphatic hydroxyl groups is 1. The minimum atomic E-state index is -0.292. The second-order valence-electron chi connectivity index (χ2n) is 3.69. The molecule has 1 aliphatic rings. The summed E-state index contributed by atoms with van der Waals surface area (Å²) in [5.41, 5.74) is 7.88. The van der Waals surface area contributed by atoms with Crippen molar-refractivity contribution in [2.75, 3.05) is 6.54 Å². The maximum atomic E-state index is 9.92. The van der Waals surface area contributed by atoms with Gasteiger partial charge in [0.05, 0.1) is 6.10 Å². The molecular formula is C11H15NO. The van der Waals surface area contributed by atoms with E-state index in [1.54, 1.807) is 0 Å². The van der Waals surface area contributed by atoms with Crippen molar-refractivity contribution >= 4 is 0 Å². The summed E-state index contributed by atoms with van der Waals surface area (Å²) in [6.45, 7) is 0.662. The molecule has 0 aliphatic heterocycles. The highest BCUT2D eigenvalue weighted by Crippen LogP contribution is 2.37. The van der Waals surface area contributed by atoms with E-state index in [0.29, 0.717) is 12.5 Å². The highest BCUT2D eigenvalue weighted by molar-refractivity contribution is 5.34. The van der Waals surface area contributed by atoms with Crippen LogP contribution < -0.4 is 5.73 Å². The Hall–Kier alpha value is -0.860. The van der Waals surface area contributed by atoms with Crippen LogP contribution in [0.4, 0.5) is 0 Å². The third kappa shape index (κ3) is 1.47. The van der Waals surface area contributed by atoms with Crippen molar-refractivity contribution in [3.8, 4) is 0 Å². The molecule has 2 heteroatoms. The van der Waals surface area contributed by atoms with E-state index in [9.17, 15) is 5.11 Å². The lowest BCUT2D eigenvalue weighted by Crippen LogP contribution is -2.12. The van der Waals surface area contributed by atoms with Crippen LogP contribution in [0, 0.1) is 5.92 Å². The Bertz CT molecular complexity index is 298. The summed E-state index contributed by atoms with van der Waals surface area (Å²) in [6.07, 6.45) is 1.60. The molecule has 0 saturated carbocycles. The molecule has 0 aromatic heterocycles. The SMILES string of the molecule is NCCC1Cc2ccccc2C1O. The summed E-state index contributed by atoms with van der Waals surface area (Å²) in [5, 5.41) is 9.92. The van der Waals surface area contributed by atoms with Crippen molar-refractivity contribution in [2.24, 2.45) is 11.7 Å². The lowest BCUT2D eigenvalue weighted by Gasteiger charge is -2.12. The molecule has 2 atom stereocenters. The lowest BCUT2D eigenvalue weighted by molar-refractivity contribution is 0.119. The van der Waals surface area contributed by atoms with Crippen molar-refractivity contribution in [3.05, 3.63) is 35.4 Å². The van der Waals surface area contributed by atoms with Crippen molar-refractivity contribution in [2.45, 2.75) is 18.9 Å². The molecule has 0 heterocycles. The fourth-order valence-electron chi connectivity index (χ4n) is 2.13. The number of rotatable bonds is 2. The van der Waals surface area contributed by atoms with Gasteiger partial charge in [-0.05, 0) is 36.4 Å². The number of hydrogen-bond donors (Lipinski definition) is 2. The average molecular weight is 177 g/mol. The largest absolute Gasteiger partial charge is 0.388 e. The molecule has 2 nitrogen and oxygen atoms in total. The summed E-state index contributed by atoms with van der Waals surface area (Å²) in [4.78, 5) is 0. The normalized spacial score (nSPS) is 26.0. The molecule has 0 amide bonds. The van der Waals surface area contributed by atoms with Crippen molar-refractivity contribution < 1.29 is 5.11 Å². The maximum absolute atomic E-state index is 9.92. The van der Waals surface area contributed by atoms with E-state index in [1.807, 2.05) is 18.2 Å². The molecule has 0 spiro atoms. The van der Waals surface area contributed by atoms with Gasteiger partial charge in [0.1, 0.15) is 0 Å². The van der Waals surface area contributed by atoms with Crippen LogP contribution >= 0.6 is 0 Å². The van der Waals surface area contributed by atoms with Crippen LogP contribution in [0.5, 0.6) is 0 Å². The molecule has 0 saturated heterocycles. The van der Waals surface area contributed by atoms with Gasteiger partial charge in [0.25, 0.3) is 0 Å². The summed E-state index contributed by atoms with van der Waals surface area (Å²) >= 11 is 0. The standard InChI is InChI=1S/C11H15NO/c12-6-5-9-7-8-3-1-2-4-10(8)11(9)13/h1-4,9,11,13H,5-7,12H2. The van der Waals surface area contributed by atoms with Gasteiger partial charge < -0.3 is 10.8 Å². The zero-order valence-corrected chi connectivity index (χ0v) is 7.61. The number of nitrogens with two attached hydrogens (primary N) is 1.